The maximum atomic E-state index is 10.8. The molecule has 1 N–H and O–H groups in total. The molecule has 1 amide bonds. The fraction of sp³-hybridized carbons (Fsp3) is 0.364. The van der Waals surface area contributed by atoms with Gasteiger partial charge in [-0.1, -0.05) is 15.9 Å². The summed E-state index contributed by atoms with van der Waals surface area (Å²) in [5.41, 5.74) is 0.854. The average Bonchev–Trinajstić information content (AvgIpc) is 2.20. The molecule has 2 nitrogen and oxygen atoms in total. The topological polar surface area (TPSA) is 29.1 Å². The molecular weight excluding hydrogens is 274 g/mol. The molecule has 0 saturated carbocycles. The molecule has 0 spiro atoms. The van der Waals surface area contributed by atoms with E-state index in [0.717, 1.165) is 23.2 Å². The second kappa shape index (κ2) is 6.90. The van der Waals surface area contributed by atoms with Gasteiger partial charge in [0, 0.05) is 22.8 Å². The molecule has 1 aromatic rings. The van der Waals surface area contributed by atoms with Gasteiger partial charge in [0.05, 0.1) is 0 Å². The number of rotatable bonds is 5. The molecule has 0 radical (unpaired) electrons. The molecule has 0 bridgehead atoms. The van der Waals surface area contributed by atoms with Crippen molar-refractivity contribution in [3.8, 4) is 0 Å². The van der Waals surface area contributed by atoms with E-state index in [1.54, 1.807) is 0 Å². The highest BCUT2D eigenvalue weighted by molar-refractivity contribution is 9.09. The zero-order valence-corrected chi connectivity index (χ0v) is 11.0. The zero-order valence-electron chi connectivity index (χ0n) is 8.63. The summed E-state index contributed by atoms with van der Waals surface area (Å²) in [5, 5.41) is 3.79. The normalized spacial score (nSPS) is 10.0. The maximum absolute atomic E-state index is 10.8. The number of carbonyl (C=O) groups is 1. The Morgan fingerprint density at radius 3 is 2.60 bits per heavy atom. The van der Waals surface area contributed by atoms with Gasteiger partial charge in [-0.2, -0.15) is 0 Å². The first-order chi connectivity index (χ1) is 7.22. The average molecular weight is 288 g/mol. The van der Waals surface area contributed by atoms with Gasteiger partial charge in [-0.25, -0.2) is 0 Å². The summed E-state index contributed by atoms with van der Waals surface area (Å²) in [6.45, 7) is 1.51. The van der Waals surface area contributed by atoms with Gasteiger partial charge in [-0.3, -0.25) is 4.79 Å². The van der Waals surface area contributed by atoms with Crippen molar-refractivity contribution in [3.05, 3.63) is 24.3 Å². The highest BCUT2D eigenvalue weighted by atomic mass is 79.9. The summed E-state index contributed by atoms with van der Waals surface area (Å²) in [6.07, 6.45) is 1.16. The van der Waals surface area contributed by atoms with Crippen molar-refractivity contribution in [2.24, 2.45) is 0 Å². The van der Waals surface area contributed by atoms with E-state index in [0.29, 0.717) is 0 Å². The molecule has 0 saturated heterocycles. The van der Waals surface area contributed by atoms with Crippen LogP contribution in [0.25, 0.3) is 0 Å². The predicted molar refractivity (Wildman–Crippen MR) is 69.9 cm³/mol. The first-order valence-electron chi connectivity index (χ1n) is 4.79. The first kappa shape index (κ1) is 12.6. The molecule has 0 fully saturated rings. The van der Waals surface area contributed by atoms with Gasteiger partial charge >= 0.3 is 0 Å². The third kappa shape index (κ3) is 5.23. The van der Waals surface area contributed by atoms with E-state index in [9.17, 15) is 4.79 Å². The molecule has 82 valence electrons. The highest BCUT2D eigenvalue weighted by Gasteiger charge is 1.96. The minimum Gasteiger partial charge on any atom is -0.326 e. The largest absolute Gasteiger partial charge is 0.326 e. The van der Waals surface area contributed by atoms with E-state index < -0.39 is 0 Å². The summed E-state index contributed by atoms with van der Waals surface area (Å²) >= 11 is 5.23. The molecule has 0 heterocycles. The first-order valence-corrected chi connectivity index (χ1v) is 6.89. The van der Waals surface area contributed by atoms with Crippen LogP contribution in [0.3, 0.4) is 0 Å². The van der Waals surface area contributed by atoms with Crippen LogP contribution >= 0.6 is 27.7 Å². The van der Waals surface area contributed by atoms with Crippen molar-refractivity contribution in [1.82, 2.24) is 0 Å². The monoisotopic (exact) mass is 287 g/mol. The van der Waals surface area contributed by atoms with Crippen LogP contribution in [0, 0.1) is 0 Å². The summed E-state index contributed by atoms with van der Waals surface area (Å²) in [4.78, 5) is 12.0. The number of hydrogen-bond acceptors (Lipinski definition) is 2. The van der Waals surface area contributed by atoms with Crippen LogP contribution in [0.5, 0.6) is 0 Å². The highest BCUT2D eigenvalue weighted by Crippen LogP contribution is 2.21. The third-order valence-corrected chi connectivity index (χ3v) is 3.38. The van der Waals surface area contributed by atoms with E-state index >= 15 is 0 Å². The van der Waals surface area contributed by atoms with Gasteiger partial charge in [0.2, 0.25) is 5.91 Å². The fourth-order valence-electron chi connectivity index (χ4n) is 1.08. The second-order valence-electron chi connectivity index (χ2n) is 3.10. The fourth-order valence-corrected chi connectivity index (χ4v) is 2.59. The van der Waals surface area contributed by atoms with E-state index in [-0.39, 0.29) is 5.91 Å². The number of hydrogen-bond donors (Lipinski definition) is 1. The van der Waals surface area contributed by atoms with Crippen molar-refractivity contribution >= 4 is 39.3 Å². The molecule has 0 aliphatic rings. The Labute approximate surface area is 103 Å². The molecule has 4 heteroatoms. The van der Waals surface area contributed by atoms with Crippen molar-refractivity contribution in [2.75, 3.05) is 16.4 Å². The molecule has 0 aliphatic heterocycles. The van der Waals surface area contributed by atoms with Gasteiger partial charge < -0.3 is 5.32 Å². The Bertz CT molecular complexity index is 313. The Morgan fingerprint density at radius 2 is 2.07 bits per heavy atom. The maximum Gasteiger partial charge on any atom is 0.221 e. The van der Waals surface area contributed by atoms with Gasteiger partial charge in [-0.15, -0.1) is 11.8 Å². The van der Waals surface area contributed by atoms with Crippen molar-refractivity contribution in [3.63, 3.8) is 0 Å². The van der Waals surface area contributed by atoms with Gasteiger partial charge in [0.15, 0.2) is 0 Å². The van der Waals surface area contributed by atoms with Crippen molar-refractivity contribution in [2.45, 2.75) is 18.2 Å². The number of alkyl halides is 1. The second-order valence-corrected chi connectivity index (χ2v) is 5.06. The van der Waals surface area contributed by atoms with E-state index in [4.69, 9.17) is 0 Å². The van der Waals surface area contributed by atoms with Crippen LogP contribution in [0.2, 0.25) is 0 Å². The predicted octanol–water partition coefficient (Wildman–Crippen LogP) is 3.52. The number of anilines is 1. The minimum absolute atomic E-state index is 0.0327. The molecule has 1 aromatic carbocycles. The van der Waals surface area contributed by atoms with Gasteiger partial charge in [0.1, 0.15) is 0 Å². The number of nitrogens with one attached hydrogen (secondary N) is 1. The molecular formula is C11H14BrNOS. The lowest BCUT2D eigenvalue weighted by molar-refractivity contribution is -0.114. The number of amides is 1. The molecule has 0 aromatic heterocycles. The van der Waals surface area contributed by atoms with Crippen molar-refractivity contribution < 1.29 is 4.79 Å². The van der Waals surface area contributed by atoms with E-state index in [1.165, 1.54) is 11.8 Å². The standard InChI is InChI=1S/C11H14BrNOS/c1-9(14)13-10-3-5-11(6-4-10)15-8-2-7-12/h3-6H,2,7-8H2,1H3,(H,13,14). The molecule has 15 heavy (non-hydrogen) atoms. The lowest BCUT2D eigenvalue weighted by atomic mass is 10.3. The van der Waals surface area contributed by atoms with Crippen LogP contribution in [-0.4, -0.2) is 17.0 Å². The van der Waals surface area contributed by atoms with Crippen LogP contribution in [0.4, 0.5) is 5.69 Å². The SMILES string of the molecule is CC(=O)Nc1ccc(SCCCBr)cc1. The Kier molecular flexibility index (Phi) is 5.79. The van der Waals surface area contributed by atoms with Crippen LogP contribution in [0.15, 0.2) is 29.2 Å². The number of benzene rings is 1. The number of halogens is 1. The van der Waals surface area contributed by atoms with Gasteiger partial charge in [-0.05, 0) is 36.4 Å². The number of carbonyl (C=O) groups excluding carboxylic acids is 1. The summed E-state index contributed by atoms with van der Waals surface area (Å²) in [5.74, 6) is 1.08. The summed E-state index contributed by atoms with van der Waals surface area (Å²) in [6, 6.07) is 7.92. The molecule has 0 atom stereocenters. The lowest BCUT2D eigenvalue weighted by Gasteiger charge is -2.03. The lowest BCUT2D eigenvalue weighted by Crippen LogP contribution is -2.05. The smallest absolute Gasteiger partial charge is 0.221 e. The summed E-state index contributed by atoms with van der Waals surface area (Å²) in [7, 11) is 0. The Hall–Kier alpha value is -0.480. The van der Waals surface area contributed by atoms with E-state index in [2.05, 4.69) is 21.2 Å². The van der Waals surface area contributed by atoms with Gasteiger partial charge in [0.25, 0.3) is 0 Å². The molecule has 1 rings (SSSR count). The van der Waals surface area contributed by atoms with Crippen LogP contribution < -0.4 is 5.32 Å². The Morgan fingerprint density at radius 1 is 1.40 bits per heavy atom. The summed E-state index contributed by atoms with van der Waals surface area (Å²) < 4.78 is 0. The Balaban J connectivity index is 2.45. The van der Waals surface area contributed by atoms with Crippen LogP contribution in [-0.2, 0) is 4.79 Å². The molecule has 0 unspecified atom stereocenters. The molecule has 0 aliphatic carbocycles. The van der Waals surface area contributed by atoms with Crippen molar-refractivity contribution in [1.29, 1.82) is 0 Å². The third-order valence-electron chi connectivity index (χ3n) is 1.72. The van der Waals surface area contributed by atoms with Crippen LogP contribution in [0.1, 0.15) is 13.3 Å². The zero-order chi connectivity index (χ0) is 11.1. The quantitative estimate of drug-likeness (QED) is 0.510. The van der Waals surface area contributed by atoms with E-state index in [1.807, 2.05) is 36.0 Å². The minimum atomic E-state index is -0.0327. The number of thioether (sulfide) groups is 1.